The van der Waals surface area contributed by atoms with Crippen LogP contribution in [-0.4, -0.2) is 16.8 Å². The van der Waals surface area contributed by atoms with Gasteiger partial charge in [-0.05, 0) is 60.4 Å². The van der Waals surface area contributed by atoms with E-state index in [2.05, 4.69) is 58.4 Å². The van der Waals surface area contributed by atoms with Crippen LogP contribution in [0, 0.1) is 20.8 Å². The second kappa shape index (κ2) is 6.10. The molecule has 1 atom stereocenters. The van der Waals surface area contributed by atoms with Crippen molar-refractivity contribution < 1.29 is 0 Å². The van der Waals surface area contributed by atoms with E-state index in [0.29, 0.717) is 6.04 Å². The van der Waals surface area contributed by atoms with Crippen molar-refractivity contribution in [1.29, 1.82) is 0 Å². The molecule has 0 fully saturated rings. The number of likely N-dealkylation sites (N-methyl/N-ethyl adjacent to an activating group) is 1. The number of aryl methyl sites for hydroxylation is 3. The van der Waals surface area contributed by atoms with Gasteiger partial charge >= 0.3 is 0 Å². The lowest BCUT2D eigenvalue weighted by Crippen LogP contribution is -2.21. The molecule has 0 aliphatic heterocycles. The average Bonchev–Trinajstić information content (AvgIpc) is 2.65. The molecule has 0 radical (unpaired) electrons. The Morgan fingerprint density at radius 3 is 2.55 bits per heavy atom. The maximum absolute atomic E-state index is 4.47. The first-order valence-corrected chi connectivity index (χ1v) is 7.66. The molecule has 1 N–H and O–H groups in total. The average molecular weight is 336 g/mol. The molecule has 0 saturated carbocycles. The standard InChI is InChI=1S/C16H22BrN3/c1-10-7-6-8-13(11(10)2)14(18-4)9-15-16(17)12(3)19-20(15)5/h6-8,14,18H,9H2,1-5H3. The molecule has 1 heterocycles. The molecule has 0 bridgehead atoms. The molecule has 0 spiro atoms. The molecule has 1 unspecified atom stereocenters. The lowest BCUT2D eigenvalue weighted by atomic mass is 9.94. The summed E-state index contributed by atoms with van der Waals surface area (Å²) in [5, 5.41) is 7.91. The summed E-state index contributed by atoms with van der Waals surface area (Å²) < 4.78 is 3.08. The molecule has 20 heavy (non-hydrogen) atoms. The molecule has 0 aliphatic rings. The van der Waals surface area contributed by atoms with E-state index in [1.807, 2.05) is 25.7 Å². The van der Waals surface area contributed by atoms with Crippen molar-refractivity contribution >= 4 is 15.9 Å². The first-order chi connectivity index (χ1) is 9.45. The highest BCUT2D eigenvalue weighted by atomic mass is 79.9. The zero-order valence-electron chi connectivity index (χ0n) is 12.8. The van der Waals surface area contributed by atoms with E-state index in [4.69, 9.17) is 0 Å². The lowest BCUT2D eigenvalue weighted by Gasteiger charge is -2.20. The summed E-state index contributed by atoms with van der Waals surface area (Å²) in [5.41, 5.74) is 6.32. The number of hydrogen-bond acceptors (Lipinski definition) is 2. The Morgan fingerprint density at radius 2 is 2.00 bits per heavy atom. The summed E-state index contributed by atoms with van der Waals surface area (Å²) in [6.07, 6.45) is 0.915. The quantitative estimate of drug-likeness (QED) is 0.924. The zero-order chi connectivity index (χ0) is 14.9. The highest BCUT2D eigenvalue weighted by molar-refractivity contribution is 9.10. The van der Waals surface area contributed by atoms with Gasteiger partial charge in [-0.2, -0.15) is 5.10 Å². The molecule has 0 amide bonds. The van der Waals surface area contributed by atoms with Gasteiger partial charge in [-0.25, -0.2) is 0 Å². The van der Waals surface area contributed by atoms with Crippen LogP contribution in [0.3, 0.4) is 0 Å². The van der Waals surface area contributed by atoms with Crippen molar-refractivity contribution in [1.82, 2.24) is 15.1 Å². The number of hydrogen-bond donors (Lipinski definition) is 1. The molecular formula is C16H22BrN3. The Bertz CT molecular complexity index is 616. The molecule has 2 aromatic rings. The van der Waals surface area contributed by atoms with E-state index in [1.54, 1.807) is 0 Å². The van der Waals surface area contributed by atoms with Crippen LogP contribution in [0.1, 0.15) is 34.1 Å². The number of aromatic nitrogens is 2. The minimum absolute atomic E-state index is 0.293. The van der Waals surface area contributed by atoms with E-state index in [9.17, 15) is 0 Å². The molecule has 2 rings (SSSR count). The van der Waals surface area contributed by atoms with Crippen molar-refractivity contribution in [2.45, 2.75) is 33.2 Å². The smallest absolute Gasteiger partial charge is 0.0738 e. The van der Waals surface area contributed by atoms with Gasteiger partial charge in [0.15, 0.2) is 0 Å². The molecule has 4 heteroatoms. The summed E-state index contributed by atoms with van der Waals surface area (Å²) in [5.74, 6) is 0. The van der Waals surface area contributed by atoms with E-state index in [0.717, 1.165) is 16.6 Å². The van der Waals surface area contributed by atoms with Gasteiger partial charge in [0.25, 0.3) is 0 Å². The van der Waals surface area contributed by atoms with Gasteiger partial charge in [-0.3, -0.25) is 4.68 Å². The molecule has 3 nitrogen and oxygen atoms in total. The Kier molecular flexibility index (Phi) is 4.66. The van der Waals surface area contributed by atoms with E-state index in [1.165, 1.54) is 22.4 Å². The van der Waals surface area contributed by atoms with Crippen LogP contribution in [0.25, 0.3) is 0 Å². The third-order valence-corrected chi connectivity index (χ3v) is 5.06. The van der Waals surface area contributed by atoms with Crippen molar-refractivity contribution in [3.05, 3.63) is 50.8 Å². The fourth-order valence-corrected chi connectivity index (χ4v) is 3.11. The summed E-state index contributed by atoms with van der Waals surface area (Å²) in [4.78, 5) is 0. The second-order valence-electron chi connectivity index (χ2n) is 5.30. The molecule has 1 aromatic heterocycles. The second-order valence-corrected chi connectivity index (χ2v) is 6.10. The molecular weight excluding hydrogens is 314 g/mol. The number of halogens is 1. The number of rotatable bonds is 4. The fourth-order valence-electron chi connectivity index (χ4n) is 2.61. The molecule has 108 valence electrons. The number of benzene rings is 1. The summed E-state index contributed by atoms with van der Waals surface area (Å²) >= 11 is 3.65. The normalized spacial score (nSPS) is 12.7. The fraction of sp³-hybridized carbons (Fsp3) is 0.438. The highest BCUT2D eigenvalue weighted by Crippen LogP contribution is 2.28. The molecule has 0 saturated heterocycles. The minimum atomic E-state index is 0.293. The first-order valence-electron chi connectivity index (χ1n) is 6.87. The van der Waals surface area contributed by atoms with E-state index >= 15 is 0 Å². The monoisotopic (exact) mass is 335 g/mol. The van der Waals surface area contributed by atoms with Crippen molar-refractivity contribution in [2.24, 2.45) is 7.05 Å². The highest BCUT2D eigenvalue weighted by Gasteiger charge is 2.18. The Balaban J connectivity index is 2.36. The first kappa shape index (κ1) is 15.3. The van der Waals surface area contributed by atoms with Crippen LogP contribution >= 0.6 is 15.9 Å². The van der Waals surface area contributed by atoms with E-state index in [-0.39, 0.29) is 0 Å². The third kappa shape index (κ3) is 2.81. The Hall–Kier alpha value is -1.13. The van der Waals surface area contributed by atoms with Gasteiger partial charge in [-0.1, -0.05) is 18.2 Å². The zero-order valence-corrected chi connectivity index (χ0v) is 14.4. The maximum Gasteiger partial charge on any atom is 0.0738 e. The molecule has 0 aliphatic carbocycles. The van der Waals surface area contributed by atoms with E-state index < -0.39 is 0 Å². The predicted molar refractivity (Wildman–Crippen MR) is 87.1 cm³/mol. The topological polar surface area (TPSA) is 29.9 Å². The number of nitrogens with zero attached hydrogens (tertiary/aromatic N) is 2. The lowest BCUT2D eigenvalue weighted by molar-refractivity contribution is 0.557. The SMILES string of the molecule is CNC(Cc1c(Br)c(C)nn1C)c1cccc(C)c1C. The van der Waals surface area contributed by atoms with Crippen molar-refractivity contribution in [3.8, 4) is 0 Å². The van der Waals surface area contributed by atoms with Crippen LogP contribution in [0.5, 0.6) is 0 Å². The maximum atomic E-state index is 4.47. The van der Waals surface area contributed by atoms with Crippen molar-refractivity contribution in [2.75, 3.05) is 7.05 Å². The van der Waals surface area contributed by atoms with Gasteiger partial charge in [0.2, 0.25) is 0 Å². The van der Waals surface area contributed by atoms with Gasteiger partial charge in [0.05, 0.1) is 15.9 Å². The van der Waals surface area contributed by atoms with Crippen LogP contribution < -0.4 is 5.32 Å². The van der Waals surface area contributed by atoms with Gasteiger partial charge in [0, 0.05) is 19.5 Å². The predicted octanol–water partition coefficient (Wildman–Crippen LogP) is 3.61. The number of nitrogens with one attached hydrogen (secondary N) is 1. The minimum Gasteiger partial charge on any atom is -0.313 e. The Morgan fingerprint density at radius 1 is 1.30 bits per heavy atom. The van der Waals surface area contributed by atoms with Crippen LogP contribution in [0.15, 0.2) is 22.7 Å². The third-order valence-electron chi connectivity index (χ3n) is 4.03. The largest absolute Gasteiger partial charge is 0.313 e. The Labute approximate surface area is 129 Å². The van der Waals surface area contributed by atoms with Gasteiger partial charge < -0.3 is 5.32 Å². The van der Waals surface area contributed by atoms with Crippen LogP contribution in [0.4, 0.5) is 0 Å². The molecule has 1 aromatic carbocycles. The van der Waals surface area contributed by atoms with Gasteiger partial charge in [0.1, 0.15) is 0 Å². The van der Waals surface area contributed by atoms with Gasteiger partial charge in [-0.15, -0.1) is 0 Å². The summed E-state index contributed by atoms with van der Waals surface area (Å²) in [6, 6.07) is 6.79. The van der Waals surface area contributed by atoms with Crippen LogP contribution in [-0.2, 0) is 13.5 Å². The summed E-state index contributed by atoms with van der Waals surface area (Å²) in [7, 11) is 4.02. The van der Waals surface area contributed by atoms with Crippen LogP contribution in [0.2, 0.25) is 0 Å². The summed E-state index contributed by atoms with van der Waals surface area (Å²) in [6.45, 7) is 6.38. The van der Waals surface area contributed by atoms with Crippen molar-refractivity contribution in [3.63, 3.8) is 0 Å².